The molecule has 4 aromatic rings. The normalized spacial score (nSPS) is 15.4. The molecule has 0 bridgehead atoms. The van der Waals surface area contributed by atoms with E-state index >= 15 is 0 Å². The Kier molecular flexibility index (Phi) is 4.42. The maximum atomic E-state index is 5.11. The summed E-state index contributed by atoms with van der Waals surface area (Å²) in [7, 11) is 0. The van der Waals surface area contributed by atoms with Crippen molar-refractivity contribution in [2.45, 2.75) is 57.8 Å². The number of para-hydroxylation sites is 1. The third-order valence-corrected chi connectivity index (χ3v) is 6.51. The first-order chi connectivity index (χ1) is 14.0. The molecular formula is C28H29N. The average Bonchev–Trinajstić information content (AvgIpc) is 3.26. The zero-order valence-electron chi connectivity index (χ0n) is 17.7. The summed E-state index contributed by atoms with van der Waals surface area (Å²) in [6.07, 6.45) is 5.30. The van der Waals surface area contributed by atoms with Gasteiger partial charge in [0.2, 0.25) is 0 Å². The molecule has 146 valence electrons. The van der Waals surface area contributed by atoms with Gasteiger partial charge in [-0.1, -0.05) is 76.1 Å². The Morgan fingerprint density at radius 2 is 1.48 bits per heavy atom. The van der Waals surface area contributed by atoms with Gasteiger partial charge < -0.3 is 0 Å². The summed E-state index contributed by atoms with van der Waals surface area (Å²) >= 11 is 0. The molecule has 0 spiro atoms. The van der Waals surface area contributed by atoms with Crippen LogP contribution < -0.4 is 0 Å². The van der Waals surface area contributed by atoms with Crippen LogP contribution in [0.5, 0.6) is 0 Å². The van der Waals surface area contributed by atoms with Crippen LogP contribution in [0.1, 0.15) is 63.5 Å². The minimum atomic E-state index is 0.0841. The summed E-state index contributed by atoms with van der Waals surface area (Å²) in [6.45, 7) is 6.91. The standard InChI is InChI=1S/C28H29N/c1-28(2,3)25-17-21(16-20-12-6-7-13-22(20)25)27-18-24(19-10-4-5-11-19)23-14-8-9-15-26(23)29-27/h6-9,12-19H,4-5,10-11H2,1-3H3. The molecule has 0 amide bonds. The Balaban J connectivity index is 1.76. The summed E-state index contributed by atoms with van der Waals surface area (Å²) in [5, 5.41) is 3.98. The number of rotatable bonds is 2. The van der Waals surface area contributed by atoms with Crippen LogP contribution in [0.2, 0.25) is 0 Å². The van der Waals surface area contributed by atoms with E-state index in [1.54, 1.807) is 0 Å². The minimum absolute atomic E-state index is 0.0841. The van der Waals surface area contributed by atoms with Crippen LogP contribution in [-0.2, 0) is 5.41 Å². The molecule has 1 nitrogen and oxygen atoms in total. The molecule has 3 aromatic carbocycles. The van der Waals surface area contributed by atoms with E-state index in [1.807, 2.05) is 0 Å². The maximum absolute atomic E-state index is 5.11. The van der Waals surface area contributed by atoms with Crippen molar-refractivity contribution in [2.24, 2.45) is 0 Å². The molecule has 0 saturated heterocycles. The van der Waals surface area contributed by atoms with E-state index in [0.29, 0.717) is 5.92 Å². The number of benzene rings is 3. The van der Waals surface area contributed by atoms with Crippen molar-refractivity contribution >= 4 is 21.7 Å². The lowest BCUT2D eigenvalue weighted by molar-refractivity contribution is 0.596. The number of nitrogens with zero attached hydrogens (tertiary/aromatic N) is 1. The summed E-state index contributed by atoms with van der Waals surface area (Å²) in [6, 6.07) is 24.5. The van der Waals surface area contributed by atoms with Gasteiger partial charge in [0.1, 0.15) is 0 Å². The second-order valence-electron chi connectivity index (χ2n) is 9.59. The van der Waals surface area contributed by atoms with Crippen molar-refractivity contribution in [3.8, 4) is 11.3 Å². The SMILES string of the molecule is CC(C)(C)c1cc(-c2cc(C3CCCC3)c3ccccc3n2)cc2ccccc12. The Morgan fingerprint density at radius 1 is 0.793 bits per heavy atom. The van der Waals surface area contributed by atoms with Crippen LogP contribution in [0.4, 0.5) is 0 Å². The molecule has 1 saturated carbocycles. The molecule has 1 aliphatic carbocycles. The number of aromatic nitrogens is 1. The fraction of sp³-hybridized carbons (Fsp3) is 0.321. The number of fused-ring (bicyclic) bond motifs is 2. The molecule has 0 atom stereocenters. The number of hydrogen-bond acceptors (Lipinski definition) is 1. The van der Waals surface area contributed by atoms with E-state index in [0.717, 1.165) is 11.2 Å². The fourth-order valence-electron chi connectivity index (χ4n) is 5.00. The highest BCUT2D eigenvalue weighted by atomic mass is 14.7. The quantitative estimate of drug-likeness (QED) is 0.344. The van der Waals surface area contributed by atoms with Gasteiger partial charge in [-0.25, -0.2) is 4.98 Å². The number of hydrogen-bond donors (Lipinski definition) is 0. The smallest absolute Gasteiger partial charge is 0.0712 e. The molecule has 0 unspecified atom stereocenters. The van der Waals surface area contributed by atoms with Gasteiger partial charge in [-0.15, -0.1) is 0 Å². The van der Waals surface area contributed by atoms with E-state index in [-0.39, 0.29) is 5.41 Å². The Hall–Kier alpha value is -2.67. The Bertz CT molecular complexity index is 1190. The van der Waals surface area contributed by atoms with Crippen molar-refractivity contribution in [3.05, 3.63) is 77.9 Å². The molecule has 0 aliphatic heterocycles. The van der Waals surface area contributed by atoms with Crippen LogP contribution in [-0.4, -0.2) is 4.98 Å². The van der Waals surface area contributed by atoms with Gasteiger partial charge in [0.25, 0.3) is 0 Å². The third kappa shape index (κ3) is 3.33. The third-order valence-electron chi connectivity index (χ3n) is 6.51. The molecule has 0 N–H and O–H groups in total. The van der Waals surface area contributed by atoms with E-state index < -0.39 is 0 Å². The minimum Gasteiger partial charge on any atom is -0.248 e. The van der Waals surface area contributed by atoms with Crippen LogP contribution >= 0.6 is 0 Å². The van der Waals surface area contributed by atoms with Gasteiger partial charge in [0.15, 0.2) is 0 Å². The first kappa shape index (κ1) is 18.4. The summed E-state index contributed by atoms with van der Waals surface area (Å²) in [5.41, 5.74) is 6.44. The van der Waals surface area contributed by atoms with Gasteiger partial charge in [0.05, 0.1) is 11.2 Å². The Labute approximate surface area is 173 Å². The summed E-state index contributed by atoms with van der Waals surface area (Å²) in [5.74, 6) is 0.671. The van der Waals surface area contributed by atoms with Crippen LogP contribution in [0, 0.1) is 0 Å². The van der Waals surface area contributed by atoms with Gasteiger partial charge in [-0.3, -0.25) is 0 Å². The molecule has 5 rings (SSSR count). The van der Waals surface area contributed by atoms with Crippen molar-refractivity contribution < 1.29 is 0 Å². The van der Waals surface area contributed by atoms with Gasteiger partial charge >= 0.3 is 0 Å². The molecule has 1 heteroatoms. The lowest BCUT2D eigenvalue weighted by Crippen LogP contribution is -2.12. The average molecular weight is 380 g/mol. The largest absolute Gasteiger partial charge is 0.248 e. The second-order valence-corrected chi connectivity index (χ2v) is 9.59. The van der Waals surface area contributed by atoms with Crippen molar-refractivity contribution in [2.75, 3.05) is 0 Å². The lowest BCUT2D eigenvalue weighted by atomic mass is 9.82. The number of pyridine rings is 1. The monoisotopic (exact) mass is 379 g/mol. The van der Waals surface area contributed by atoms with E-state index in [9.17, 15) is 0 Å². The highest BCUT2D eigenvalue weighted by molar-refractivity contribution is 5.92. The Morgan fingerprint density at radius 3 is 2.24 bits per heavy atom. The maximum Gasteiger partial charge on any atom is 0.0712 e. The fourth-order valence-corrected chi connectivity index (χ4v) is 5.00. The zero-order valence-corrected chi connectivity index (χ0v) is 17.7. The molecular weight excluding hydrogens is 350 g/mol. The van der Waals surface area contributed by atoms with Crippen LogP contribution in [0.3, 0.4) is 0 Å². The van der Waals surface area contributed by atoms with Gasteiger partial charge in [0, 0.05) is 10.9 Å². The molecule has 1 aromatic heterocycles. The molecule has 0 radical (unpaired) electrons. The summed E-state index contributed by atoms with van der Waals surface area (Å²) < 4.78 is 0. The highest BCUT2D eigenvalue weighted by Crippen LogP contribution is 2.40. The van der Waals surface area contributed by atoms with Crippen molar-refractivity contribution in [3.63, 3.8) is 0 Å². The van der Waals surface area contributed by atoms with Crippen LogP contribution in [0.15, 0.2) is 66.7 Å². The second kappa shape index (κ2) is 6.99. The molecule has 1 aliphatic rings. The van der Waals surface area contributed by atoms with Crippen LogP contribution in [0.25, 0.3) is 32.9 Å². The first-order valence-corrected chi connectivity index (χ1v) is 10.9. The summed E-state index contributed by atoms with van der Waals surface area (Å²) in [4.78, 5) is 5.11. The molecule has 1 fully saturated rings. The topological polar surface area (TPSA) is 12.9 Å². The highest BCUT2D eigenvalue weighted by Gasteiger charge is 2.22. The van der Waals surface area contributed by atoms with E-state index in [2.05, 4.69) is 87.5 Å². The predicted octanol–water partition coefficient (Wildman–Crippen LogP) is 8.01. The van der Waals surface area contributed by atoms with Gasteiger partial charge in [-0.05, 0) is 70.3 Å². The first-order valence-electron chi connectivity index (χ1n) is 10.9. The zero-order chi connectivity index (χ0) is 20.0. The predicted molar refractivity (Wildman–Crippen MR) is 125 cm³/mol. The van der Waals surface area contributed by atoms with E-state index in [1.165, 1.54) is 58.5 Å². The van der Waals surface area contributed by atoms with Crippen molar-refractivity contribution in [1.29, 1.82) is 0 Å². The molecule has 29 heavy (non-hydrogen) atoms. The van der Waals surface area contributed by atoms with E-state index in [4.69, 9.17) is 4.98 Å². The molecule has 1 heterocycles. The lowest BCUT2D eigenvalue weighted by Gasteiger charge is -2.23. The van der Waals surface area contributed by atoms with Crippen molar-refractivity contribution in [1.82, 2.24) is 4.98 Å². The van der Waals surface area contributed by atoms with Gasteiger partial charge in [-0.2, -0.15) is 0 Å².